The number of aliphatic hydroxyl groups excluding tert-OH is 2. The highest BCUT2D eigenvalue weighted by atomic mass is 16.4. The average Bonchev–Trinajstić information content (AvgIpc) is 1.67. The van der Waals surface area contributed by atoms with Gasteiger partial charge in [0.1, 0.15) is 84.3 Å². The molecule has 0 unspecified atom stereocenters. The molecule has 120 heavy (non-hydrogen) atoms. The molecule has 15 amide bonds. The zero-order valence-corrected chi connectivity index (χ0v) is 67.2. The van der Waals surface area contributed by atoms with Gasteiger partial charge in [-0.15, -0.1) is 0 Å². The number of hydrogen-bond donors (Lipinski definition) is 23. The lowest BCUT2D eigenvalue weighted by Gasteiger charge is -2.31. The fourth-order valence-corrected chi connectivity index (χ4v) is 12.8. The van der Waals surface area contributed by atoms with Crippen molar-refractivity contribution in [3.05, 3.63) is 29.8 Å². The van der Waals surface area contributed by atoms with E-state index in [4.69, 9.17) is 16.6 Å². The summed E-state index contributed by atoms with van der Waals surface area (Å²) in [5.74, 6) is -27.0. The molecule has 46 heteroatoms. The third-order valence-corrected chi connectivity index (χ3v) is 18.9. The standard InChI is InChI=1S/C74H112N16O30/c1-35(2)27-45(66(111)87-49(74(119)120)29-37(5)6)83-65(110)43(18-23-58(100)101)81-62(107)41(16-20-54(76)94)79-63(108)42(17-22-57(98)99)80-64(109)44(19-24-59(102)103)82-70(115)52-9-8-26-90(52)73(118)51(34-92)88-67(112)46(28-36(3)4)85-71(116)53-10-7-25-89(53)72(117)48(31-60(104)105)86-68(113)47(30-38-11-13-39(93)14-12-38)84-69(114)50(33-91)78-55(95)32-77-61(106)40(75)15-21-56(96)97/h11-14,35-37,40-53,91-93H,7-10,15-34,75H2,1-6H3,(H2,76,94)(H,77,106)(H,78,95)(H,79,108)(H,80,109)(H,81,107)(H,82,115)(H,83,110)(H,84,114)(H,85,116)(H,86,113)(H,87,111)(H,88,112)(H,96,97)(H,98,99)(H,100,101)(H,102,103)(H,104,105)(H,119,120)/t40-,41-,42-,43-,44-,45-,46-,47-,48-,49-,50-,51-,52-,53-/m0/s1. The van der Waals surface area contributed by atoms with E-state index in [0.717, 1.165) is 9.80 Å². The molecule has 2 saturated heterocycles. The number of hydrogen-bond acceptors (Lipinski definition) is 25. The molecule has 1 aromatic carbocycles. The summed E-state index contributed by atoms with van der Waals surface area (Å²) < 4.78 is 0. The summed E-state index contributed by atoms with van der Waals surface area (Å²) in [6.07, 6.45) is -8.82. The van der Waals surface area contributed by atoms with Gasteiger partial charge in [-0.25, -0.2) is 4.79 Å². The molecule has 0 saturated carbocycles. The second kappa shape index (κ2) is 50.5. The molecule has 3 rings (SSSR count). The molecular formula is C74H112N16O30. The highest BCUT2D eigenvalue weighted by Gasteiger charge is 2.44. The predicted octanol–water partition coefficient (Wildman–Crippen LogP) is -6.90. The lowest BCUT2D eigenvalue weighted by Crippen LogP contribution is -2.61. The molecule has 0 aromatic heterocycles. The molecule has 46 nitrogen and oxygen atoms in total. The number of phenolic OH excluding ortho intramolecular Hbond substituents is 1. The second-order valence-electron chi connectivity index (χ2n) is 30.2. The van der Waals surface area contributed by atoms with Crippen molar-refractivity contribution in [2.24, 2.45) is 29.2 Å². The van der Waals surface area contributed by atoms with Gasteiger partial charge in [0.25, 0.3) is 0 Å². The van der Waals surface area contributed by atoms with Crippen LogP contribution in [0.4, 0.5) is 0 Å². The molecule has 0 aliphatic carbocycles. The SMILES string of the molecule is CC(C)C[C@H](NC(=O)[C@H](CC(C)C)NC(=O)[C@H](CCC(=O)O)NC(=O)[C@H](CCC(N)=O)NC(=O)[C@H](CCC(=O)O)NC(=O)[C@H](CCC(=O)O)NC(=O)[C@@H]1CCCN1C(=O)[C@H](CO)NC(=O)[C@H](CC(C)C)NC(=O)[C@@H]1CCCN1C(=O)[C@H](CC(=O)O)NC(=O)[C@H](Cc1ccc(O)cc1)NC(=O)[C@H](CO)NC(=O)CNC(=O)[C@@H](N)CCC(=O)O)C(=O)O. The maximum Gasteiger partial charge on any atom is 0.326 e. The molecule has 668 valence electrons. The first-order valence-electron chi connectivity index (χ1n) is 38.8. The lowest BCUT2D eigenvalue weighted by atomic mass is 10.00. The number of rotatable bonds is 54. The van der Waals surface area contributed by atoms with Gasteiger partial charge in [0.2, 0.25) is 88.6 Å². The fourth-order valence-electron chi connectivity index (χ4n) is 12.8. The van der Waals surface area contributed by atoms with Crippen LogP contribution < -0.4 is 75.3 Å². The minimum Gasteiger partial charge on any atom is -0.508 e. The molecular weight excluding hydrogens is 1590 g/mol. The Morgan fingerprint density at radius 2 is 0.725 bits per heavy atom. The Morgan fingerprint density at radius 1 is 0.392 bits per heavy atom. The van der Waals surface area contributed by atoms with Crippen molar-refractivity contribution in [3.8, 4) is 5.75 Å². The van der Waals surface area contributed by atoms with Crippen molar-refractivity contribution in [2.45, 2.75) is 248 Å². The molecule has 2 fully saturated rings. The van der Waals surface area contributed by atoms with E-state index in [1.54, 1.807) is 41.5 Å². The second-order valence-corrected chi connectivity index (χ2v) is 30.2. The predicted molar refractivity (Wildman–Crippen MR) is 412 cm³/mol. The van der Waals surface area contributed by atoms with Gasteiger partial charge in [0.05, 0.1) is 32.2 Å². The summed E-state index contributed by atoms with van der Waals surface area (Å²) in [5, 5.41) is 116. The van der Waals surface area contributed by atoms with Gasteiger partial charge in [-0.3, -0.25) is 95.9 Å². The summed E-state index contributed by atoms with van der Waals surface area (Å²) in [7, 11) is 0. The van der Waals surface area contributed by atoms with Crippen molar-refractivity contribution in [2.75, 3.05) is 32.8 Å². The molecule has 2 heterocycles. The Kier molecular flexibility index (Phi) is 42.9. The van der Waals surface area contributed by atoms with Crippen LogP contribution in [0.25, 0.3) is 0 Å². The van der Waals surface area contributed by atoms with Crippen LogP contribution in [0.5, 0.6) is 5.75 Å². The summed E-state index contributed by atoms with van der Waals surface area (Å²) in [5.41, 5.74) is 11.3. The summed E-state index contributed by atoms with van der Waals surface area (Å²) in [6.45, 7) is 6.45. The number of aliphatic carboxylic acids is 6. The van der Waals surface area contributed by atoms with Crippen LogP contribution >= 0.6 is 0 Å². The number of carbonyl (C=O) groups is 21. The van der Waals surface area contributed by atoms with Gasteiger partial charge in [-0.1, -0.05) is 53.7 Å². The van der Waals surface area contributed by atoms with Crippen LogP contribution in [0.2, 0.25) is 0 Å². The summed E-state index contributed by atoms with van der Waals surface area (Å²) >= 11 is 0. The fraction of sp³-hybridized carbons (Fsp3) is 0.635. The molecule has 0 spiro atoms. The minimum atomic E-state index is -2.00. The van der Waals surface area contributed by atoms with Gasteiger partial charge in [0.15, 0.2) is 0 Å². The Morgan fingerprint density at radius 3 is 1.13 bits per heavy atom. The molecule has 2 aliphatic heterocycles. The average molecular weight is 1710 g/mol. The van der Waals surface area contributed by atoms with Gasteiger partial charge in [-0.2, -0.15) is 0 Å². The number of primary amides is 1. The van der Waals surface area contributed by atoms with Gasteiger partial charge >= 0.3 is 35.8 Å². The topological polar surface area (TPSA) is 743 Å². The summed E-state index contributed by atoms with van der Waals surface area (Å²) in [4.78, 5) is 281. The Bertz CT molecular complexity index is 3840. The Hall–Kier alpha value is -12.2. The number of nitrogens with zero attached hydrogens (tertiary/aromatic N) is 2. The number of carbonyl (C=O) groups excluding carboxylic acids is 15. The number of aliphatic hydroxyl groups is 2. The molecule has 0 radical (unpaired) electrons. The van der Waals surface area contributed by atoms with Crippen LogP contribution in [0.1, 0.15) is 163 Å². The minimum absolute atomic E-state index is 0.0103. The van der Waals surface area contributed by atoms with Crippen molar-refractivity contribution in [3.63, 3.8) is 0 Å². The van der Waals surface area contributed by atoms with E-state index in [0.29, 0.717) is 0 Å². The number of nitrogens with one attached hydrogen (secondary N) is 12. The van der Waals surface area contributed by atoms with E-state index in [1.807, 2.05) is 0 Å². The first-order chi connectivity index (χ1) is 56.2. The number of carboxylic acid groups (broad SMARTS) is 6. The molecule has 1 aromatic rings. The van der Waals surface area contributed by atoms with Crippen molar-refractivity contribution < 1.29 is 147 Å². The number of carboxylic acids is 6. The number of nitrogens with two attached hydrogens (primary N) is 2. The third kappa shape index (κ3) is 35.9. The highest BCUT2D eigenvalue weighted by molar-refractivity contribution is 6.01. The molecule has 14 atom stereocenters. The normalized spacial score (nSPS) is 16.7. The van der Waals surface area contributed by atoms with Crippen LogP contribution in [0.15, 0.2) is 24.3 Å². The van der Waals surface area contributed by atoms with Gasteiger partial charge < -0.3 is 131 Å². The first kappa shape index (κ1) is 102. The number of aromatic hydroxyl groups is 1. The van der Waals surface area contributed by atoms with E-state index in [1.165, 1.54) is 24.3 Å². The van der Waals surface area contributed by atoms with E-state index in [2.05, 4.69) is 63.8 Å². The van der Waals surface area contributed by atoms with E-state index >= 15 is 0 Å². The van der Waals surface area contributed by atoms with E-state index in [9.17, 15) is 142 Å². The maximum atomic E-state index is 14.5. The maximum absolute atomic E-state index is 14.5. The number of amides is 15. The monoisotopic (exact) mass is 1700 g/mol. The quantitative estimate of drug-likeness (QED) is 0.0288. The Balaban J connectivity index is 1.89. The van der Waals surface area contributed by atoms with Crippen molar-refractivity contribution in [1.29, 1.82) is 0 Å². The number of benzene rings is 1. The highest BCUT2D eigenvalue weighted by Crippen LogP contribution is 2.24. The number of phenols is 1. The molecule has 0 bridgehead atoms. The van der Waals surface area contributed by atoms with Gasteiger partial charge in [-0.05, 0) is 112 Å². The van der Waals surface area contributed by atoms with Crippen LogP contribution in [-0.2, 0) is 107 Å². The smallest absolute Gasteiger partial charge is 0.326 e. The lowest BCUT2D eigenvalue weighted by molar-refractivity contribution is -0.146. The van der Waals surface area contributed by atoms with E-state index < -0.39 is 305 Å². The molecule has 25 N–H and O–H groups in total. The van der Waals surface area contributed by atoms with Crippen molar-refractivity contribution in [1.82, 2.24) is 73.6 Å². The molecule has 2 aliphatic rings. The van der Waals surface area contributed by atoms with Crippen LogP contribution in [0.3, 0.4) is 0 Å². The zero-order chi connectivity index (χ0) is 90.5. The largest absolute Gasteiger partial charge is 0.508 e. The van der Waals surface area contributed by atoms with E-state index in [-0.39, 0.29) is 87.6 Å². The van der Waals surface area contributed by atoms with Crippen LogP contribution in [0, 0.1) is 17.8 Å². The van der Waals surface area contributed by atoms with Gasteiger partial charge in [0, 0.05) is 51.6 Å². The third-order valence-electron chi connectivity index (χ3n) is 18.9. The zero-order valence-electron chi connectivity index (χ0n) is 67.2. The number of likely N-dealkylation sites (tertiary alicyclic amines) is 2. The Labute approximate surface area is 688 Å². The summed E-state index contributed by atoms with van der Waals surface area (Å²) in [6, 6.07) is -18.8. The first-order valence-corrected chi connectivity index (χ1v) is 38.8. The van der Waals surface area contributed by atoms with Crippen molar-refractivity contribution >= 4 is 124 Å². The van der Waals surface area contributed by atoms with Crippen LogP contribution in [-0.4, -0.2) is 298 Å².